The zero-order chi connectivity index (χ0) is 35.5. The van der Waals surface area contributed by atoms with Gasteiger partial charge < -0.3 is 30.2 Å². The average molecular weight is 689 g/mol. The Morgan fingerprint density at radius 1 is 1.02 bits per heavy atom. The van der Waals surface area contributed by atoms with E-state index in [1.807, 2.05) is 45.0 Å². The molecule has 5 rings (SSSR count). The van der Waals surface area contributed by atoms with Crippen LogP contribution in [0.1, 0.15) is 64.3 Å². The van der Waals surface area contributed by atoms with Crippen molar-refractivity contribution >= 4 is 44.0 Å². The summed E-state index contributed by atoms with van der Waals surface area (Å²) in [5, 5.41) is 4.31. The van der Waals surface area contributed by atoms with E-state index in [0.717, 1.165) is 10.8 Å². The molecule has 0 radical (unpaired) electrons. The van der Waals surface area contributed by atoms with Gasteiger partial charge in [-0.25, -0.2) is 13.4 Å². The minimum Gasteiger partial charge on any atom is -0.490 e. The monoisotopic (exact) mass is 688 g/mol. The highest BCUT2D eigenvalue weighted by atomic mass is 32.2. The lowest BCUT2D eigenvalue weighted by Crippen LogP contribution is -2.40. The number of anilines is 2. The van der Waals surface area contributed by atoms with Gasteiger partial charge in [0, 0.05) is 23.8 Å². The van der Waals surface area contributed by atoms with Crippen molar-refractivity contribution in [3.8, 4) is 11.5 Å². The number of hydrogen-bond donors (Lipinski definition) is 2. The van der Waals surface area contributed by atoms with E-state index in [4.69, 9.17) is 19.9 Å². The van der Waals surface area contributed by atoms with Crippen LogP contribution in [0.2, 0.25) is 0 Å². The molecule has 1 amide bonds. The van der Waals surface area contributed by atoms with E-state index < -0.39 is 39.1 Å². The van der Waals surface area contributed by atoms with E-state index >= 15 is 0 Å². The third-order valence-corrected chi connectivity index (χ3v) is 10.9. The molecule has 12 heteroatoms. The fraction of sp³-hybridized carbons (Fsp3) is 0.378. The van der Waals surface area contributed by atoms with Gasteiger partial charge in [0.1, 0.15) is 11.9 Å². The number of carbonyl (C=O) groups is 2. The van der Waals surface area contributed by atoms with Gasteiger partial charge in [-0.1, -0.05) is 24.3 Å². The number of amides is 1. The molecule has 3 atom stereocenters. The molecule has 3 N–H and O–H groups in total. The number of sulfone groups is 1. The zero-order valence-electron chi connectivity index (χ0n) is 28.7. The molecule has 0 saturated carbocycles. The van der Waals surface area contributed by atoms with Crippen molar-refractivity contribution in [1.82, 2.24) is 9.88 Å². The maximum Gasteiger partial charge on any atom is 0.311 e. The van der Waals surface area contributed by atoms with Crippen LogP contribution in [0.4, 0.5) is 11.5 Å². The Bertz CT molecular complexity index is 1950. The Kier molecular flexibility index (Phi) is 10.7. The predicted octanol–water partition coefficient (Wildman–Crippen LogP) is 6.10. The van der Waals surface area contributed by atoms with Crippen LogP contribution in [-0.2, 0) is 24.2 Å². The van der Waals surface area contributed by atoms with E-state index in [1.165, 1.54) is 13.2 Å². The SMILES string of the molecule is CCOc1cc([C@@H](Nc2ccc3c(N)nccc3c2)C(=O)N2CC[C@H](C(=O)OC)[C@@H]2c2ccccc2S(=O)(=O)C(C)C)ccc1OC(C)C. The molecular weight excluding hydrogens is 644 g/mol. The fourth-order valence-electron chi connectivity index (χ4n) is 6.30. The van der Waals surface area contributed by atoms with Crippen LogP contribution in [0.5, 0.6) is 11.5 Å². The molecule has 260 valence electrons. The largest absolute Gasteiger partial charge is 0.490 e. The lowest BCUT2D eigenvalue weighted by atomic mass is 9.93. The van der Waals surface area contributed by atoms with Gasteiger partial charge in [0.2, 0.25) is 5.91 Å². The van der Waals surface area contributed by atoms with Crippen molar-refractivity contribution in [2.75, 3.05) is 31.3 Å². The summed E-state index contributed by atoms with van der Waals surface area (Å²) in [5.74, 6) is -0.251. The molecule has 1 fully saturated rings. The van der Waals surface area contributed by atoms with Crippen LogP contribution in [0.15, 0.2) is 77.8 Å². The van der Waals surface area contributed by atoms with Crippen molar-refractivity contribution in [3.63, 3.8) is 0 Å². The summed E-state index contributed by atoms with van der Waals surface area (Å²) in [4.78, 5) is 34.1. The number of nitrogens with two attached hydrogens (primary N) is 1. The summed E-state index contributed by atoms with van der Waals surface area (Å²) < 4.78 is 44.3. The molecule has 0 spiro atoms. The van der Waals surface area contributed by atoms with Crippen LogP contribution in [0.25, 0.3) is 10.8 Å². The molecule has 11 nitrogen and oxygen atoms in total. The Labute approximate surface area is 287 Å². The summed E-state index contributed by atoms with van der Waals surface area (Å²) in [6, 6.07) is 17.4. The first-order chi connectivity index (χ1) is 23.4. The summed E-state index contributed by atoms with van der Waals surface area (Å²) in [6.45, 7) is 9.50. The number of esters is 1. The van der Waals surface area contributed by atoms with E-state index in [0.29, 0.717) is 47.2 Å². The molecular formula is C37H44N4O7S. The third kappa shape index (κ3) is 7.29. The van der Waals surface area contributed by atoms with Gasteiger partial charge in [0.15, 0.2) is 21.3 Å². The van der Waals surface area contributed by atoms with Crippen molar-refractivity contribution in [2.24, 2.45) is 5.92 Å². The standard InChI is InChI=1S/C37H44N4O7S/c1-7-47-31-21-25(12-15-30(31)48-22(2)3)33(40-26-13-14-27-24(20-26)16-18-39-35(27)38)36(42)41-19-17-29(37(43)46-6)34(41)28-10-8-9-11-32(28)49(44,45)23(4)5/h8-16,18,20-23,29,33-34,40H,7,17,19H2,1-6H3,(H2,38,39)/t29-,33+,34-/m0/s1. The Balaban J connectivity index is 1.65. The van der Waals surface area contributed by atoms with Crippen LogP contribution < -0.4 is 20.5 Å². The zero-order valence-corrected chi connectivity index (χ0v) is 29.5. The molecule has 2 heterocycles. The van der Waals surface area contributed by atoms with Gasteiger partial charge >= 0.3 is 5.97 Å². The Morgan fingerprint density at radius 3 is 2.47 bits per heavy atom. The lowest BCUT2D eigenvalue weighted by Gasteiger charge is -2.33. The van der Waals surface area contributed by atoms with Crippen LogP contribution in [0.3, 0.4) is 0 Å². The summed E-state index contributed by atoms with van der Waals surface area (Å²) in [6.07, 6.45) is 1.80. The number of hydrogen-bond acceptors (Lipinski definition) is 10. The number of fused-ring (bicyclic) bond motifs is 1. The van der Waals surface area contributed by atoms with Crippen LogP contribution >= 0.6 is 0 Å². The van der Waals surface area contributed by atoms with Gasteiger partial charge in [-0.15, -0.1) is 0 Å². The molecule has 3 aromatic carbocycles. The minimum absolute atomic E-state index is 0.0858. The van der Waals surface area contributed by atoms with Gasteiger partial charge in [-0.2, -0.15) is 0 Å². The minimum atomic E-state index is -3.77. The predicted molar refractivity (Wildman–Crippen MR) is 189 cm³/mol. The lowest BCUT2D eigenvalue weighted by molar-refractivity contribution is -0.147. The van der Waals surface area contributed by atoms with Gasteiger partial charge in [-0.3, -0.25) is 9.59 Å². The number of aromatic nitrogens is 1. The van der Waals surface area contributed by atoms with E-state index in [2.05, 4.69) is 10.3 Å². The Morgan fingerprint density at radius 2 is 1.78 bits per heavy atom. The highest BCUT2D eigenvalue weighted by Crippen LogP contribution is 2.43. The van der Waals surface area contributed by atoms with Crippen molar-refractivity contribution in [3.05, 3.63) is 84.1 Å². The molecule has 0 unspecified atom stereocenters. The van der Waals surface area contributed by atoms with E-state index in [-0.39, 0.29) is 23.5 Å². The highest BCUT2D eigenvalue weighted by Gasteiger charge is 2.46. The molecule has 4 aromatic rings. The molecule has 1 aliphatic heterocycles. The highest BCUT2D eigenvalue weighted by molar-refractivity contribution is 7.92. The number of ether oxygens (including phenoxy) is 3. The van der Waals surface area contributed by atoms with E-state index in [9.17, 15) is 18.0 Å². The van der Waals surface area contributed by atoms with Crippen molar-refractivity contribution in [1.29, 1.82) is 0 Å². The number of pyridine rings is 1. The quantitative estimate of drug-likeness (QED) is 0.167. The second-order valence-electron chi connectivity index (χ2n) is 12.5. The topological polar surface area (TPSA) is 150 Å². The maximum atomic E-state index is 15.0. The number of rotatable bonds is 12. The summed E-state index contributed by atoms with van der Waals surface area (Å²) in [7, 11) is -2.48. The normalized spacial score (nSPS) is 16.9. The maximum absolute atomic E-state index is 15.0. The molecule has 49 heavy (non-hydrogen) atoms. The number of methoxy groups -OCH3 is 1. The summed E-state index contributed by atoms with van der Waals surface area (Å²) in [5.41, 5.74) is 7.71. The molecule has 1 saturated heterocycles. The second-order valence-corrected chi connectivity index (χ2v) is 15.0. The first-order valence-corrected chi connectivity index (χ1v) is 18.0. The molecule has 1 aromatic heterocycles. The smallest absolute Gasteiger partial charge is 0.311 e. The van der Waals surface area contributed by atoms with Crippen LogP contribution in [0, 0.1) is 5.92 Å². The van der Waals surface area contributed by atoms with E-state index in [1.54, 1.807) is 61.3 Å². The average Bonchev–Trinajstić information content (AvgIpc) is 3.52. The number of benzene rings is 3. The number of nitrogens with one attached hydrogen (secondary N) is 1. The molecule has 0 bridgehead atoms. The Hall–Kier alpha value is -4.84. The van der Waals surface area contributed by atoms with Gasteiger partial charge in [0.05, 0.1) is 41.9 Å². The number of likely N-dealkylation sites (tertiary alicyclic amines) is 1. The van der Waals surface area contributed by atoms with Gasteiger partial charge in [0.25, 0.3) is 0 Å². The number of carbonyl (C=O) groups excluding carboxylic acids is 2. The van der Waals surface area contributed by atoms with Crippen LogP contribution in [-0.4, -0.2) is 61.8 Å². The second kappa shape index (κ2) is 14.7. The van der Waals surface area contributed by atoms with Crippen molar-refractivity contribution < 1.29 is 32.2 Å². The van der Waals surface area contributed by atoms with Gasteiger partial charge in [-0.05, 0) is 100 Å². The third-order valence-electron chi connectivity index (χ3n) is 8.67. The summed E-state index contributed by atoms with van der Waals surface area (Å²) >= 11 is 0. The molecule has 0 aliphatic carbocycles. The first-order valence-electron chi connectivity index (χ1n) is 16.4. The molecule has 1 aliphatic rings. The van der Waals surface area contributed by atoms with Crippen molar-refractivity contribution in [2.45, 2.75) is 69.4 Å². The fourth-order valence-corrected chi connectivity index (χ4v) is 7.59. The number of nitrogens with zero attached hydrogens (tertiary/aromatic N) is 2. The number of nitrogen functional groups attached to an aromatic ring is 1. The first kappa shape index (κ1) is 35.5.